The van der Waals surface area contributed by atoms with E-state index in [2.05, 4.69) is 40.8 Å². The number of ether oxygens (including phenoxy) is 1. The average Bonchev–Trinajstić information content (AvgIpc) is 2.31. The van der Waals surface area contributed by atoms with E-state index < -0.39 is 12.8 Å². The molecule has 0 aliphatic rings. The minimum absolute atomic E-state index is 0.00407. The Kier molecular flexibility index (Phi) is 5.88. The largest absolute Gasteiger partial charge is 0.411 e. The second-order valence-electron chi connectivity index (χ2n) is 5.53. The Balaban J connectivity index is 2.32. The van der Waals surface area contributed by atoms with Crippen molar-refractivity contribution in [3.8, 4) is 0 Å². The van der Waals surface area contributed by atoms with Crippen LogP contribution in [-0.2, 0) is 17.7 Å². The fourth-order valence-corrected chi connectivity index (χ4v) is 1.32. The molecule has 0 fully saturated rings. The molecule has 0 spiro atoms. The van der Waals surface area contributed by atoms with Crippen LogP contribution < -0.4 is 5.32 Å². The van der Waals surface area contributed by atoms with Crippen LogP contribution in [0.3, 0.4) is 0 Å². The molecule has 0 aromatic carbocycles. The third-order valence-electron chi connectivity index (χ3n) is 2.32. The van der Waals surface area contributed by atoms with Gasteiger partial charge in [-0.2, -0.15) is 13.2 Å². The number of aromatic nitrogens is 2. The summed E-state index contributed by atoms with van der Waals surface area (Å²) in [6.45, 7) is 5.54. The van der Waals surface area contributed by atoms with E-state index in [-0.39, 0.29) is 18.6 Å². The maximum absolute atomic E-state index is 11.9. The van der Waals surface area contributed by atoms with Gasteiger partial charge in [0.1, 0.15) is 12.4 Å². The van der Waals surface area contributed by atoms with E-state index in [4.69, 9.17) is 0 Å². The minimum Gasteiger partial charge on any atom is -0.372 e. The normalized spacial score (nSPS) is 12.7. The first-order chi connectivity index (χ1) is 9.16. The van der Waals surface area contributed by atoms with Crippen molar-refractivity contribution in [2.45, 2.75) is 45.5 Å². The van der Waals surface area contributed by atoms with Crippen molar-refractivity contribution >= 4 is 0 Å². The highest BCUT2D eigenvalue weighted by atomic mass is 19.4. The summed E-state index contributed by atoms with van der Waals surface area (Å²) in [7, 11) is 0. The molecule has 0 aliphatic heterocycles. The molecule has 0 unspecified atom stereocenters. The second-order valence-corrected chi connectivity index (χ2v) is 5.53. The predicted molar refractivity (Wildman–Crippen MR) is 69.2 cm³/mol. The van der Waals surface area contributed by atoms with Gasteiger partial charge >= 0.3 is 6.18 Å². The summed E-state index contributed by atoms with van der Waals surface area (Å²) in [6.07, 6.45) is -0.679. The van der Waals surface area contributed by atoms with Gasteiger partial charge in [-0.25, -0.2) is 9.97 Å². The lowest BCUT2D eigenvalue weighted by Crippen LogP contribution is -2.35. The van der Waals surface area contributed by atoms with Crippen molar-refractivity contribution in [1.82, 2.24) is 15.3 Å². The summed E-state index contributed by atoms with van der Waals surface area (Å²) in [6, 6.07) is 0. The fourth-order valence-electron chi connectivity index (χ4n) is 1.32. The van der Waals surface area contributed by atoms with Crippen molar-refractivity contribution in [3.05, 3.63) is 23.8 Å². The first-order valence-electron chi connectivity index (χ1n) is 6.35. The Morgan fingerprint density at radius 1 is 1.15 bits per heavy atom. The van der Waals surface area contributed by atoms with Crippen LogP contribution in [0.2, 0.25) is 0 Å². The number of rotatable bonds is 6. The third-order valence-corrected chi connectivity index (χ3v) is 2.32. The van der Waals surface area contributed by atoms with Gasteiger partial charge in [-0.05, 0) is 20.8 Å². The lowest BCUT2D eigenvalue weighted by molar-refractivity contribution is -0.173. The first-order valence-corrected chi connectivity index (χ1v) is 6.35. The number of alkyl halides is 3. The molecule has 7 heteroatoms. The summed E-state index contributed by atoms with van der Waals surface area (Å²) in [5, 5.41) is 3.30. The van der Waals surface area contributed by atoms with Crippen LogP contribution in [0.4, 0.5) is 13.2 Å². The molecule has 1 N–H and O–H groups in total. The van der Waals surface area contributed by atoms with Gasteiger partial charge in [0, 0.05) is 36.5 Å². The van der Waals surface area contributed by atoms with Gasteiger partial charge < -0.3 is 10.1 Å². The standard InChI is InChI=1S/C13H20F3N3O/c1-12(2,3)19-8-10-6-17-11(18-7-10)4-5-20-9-13(14,15)16/h6-7,19H,4-5,8-9H2,1-3H3. The molecule has 0 atom stereocenters. The first kappa shape index (κ1) is 16.8. The number of nitrogens with one attached hydrogen (secondary N) is 1. The van der Waals surface area contributed by atoms with Crippen molar-refractivity contribution in [2.75, 3.05) is 13.2 Å². The SMILES string of the molecule is CC(C)(C)NCc1cnc(CCOCC(F)(F)F)nc1. The summed E-state index contributed by atoms with van der Waals surface area (Å²) < 4.78 is 40.1. The lowest BCUT2D eigenvalue weighted by Gasteiger charge is -2.20. The van der Waals surface area contributed by atoms with Gasteiger partial charge in [0.2, 0.25) is 0 Å². The quantitative estimate of drug-likeness (QED) is 0.818. The average molecular weight is 291 g/mol. The van der Waals surface area contributed by atoms with E-state index in [0.29, 0.717) is 12.4 Å². The zero-order valence-corrected chi connectivity index (χ0v) is 11.9. The molecule has 114 valence electrons. The molecule has 1 aromatic rings. The van der Waals surface area contributed by atoms with Gasteiger partial charge in [-0.15, -0.1) is 0 Å². The zero-order valence-electron chi connectivity index (χ0n) is 11.9. The molecule has 0 radical (unpaired) electrons. The van der Waals surface area contributed by atoms with Crippen LogP contribution in [0.5, 0.6) is 0 Å². The maximum Gasteiger partial charge on any atom is 0.411 e. The Bertz CT molecular complexity index is 399. The van der Waals surface area contributed by atoms with Crippen LogP contribution in [0, 0.1) is 0 Å². The van der Waals surface area contributed by atoms with E-state index in [1.807, 2.05) is 0 Å². The van der Waals surface area contributed by atoms with Crippen LogP contribution in [0.15, 0.2) is 12.4 Å². The van der Waals surface area contributed by atoms with Gasteiger partial charge in [0.05, 0.1) is 6.61 Å². The van der Waals surface area contributed by atoms with Gasteiger partial charge in [-0.3, -0.25) is 0 Å². The highest BCUT2D eigenvalue weighted by Crippen LogP contribution is 2.14. The molecule has 4 nitrogen and oxygen atoms in total. The van der Waals surface area contributed by atoms with E-state index in [0.717, 1.165) is 5.56 Å². The van der Waals surface area contributed by atoms with E-state index in [1.165, 1.54) is 0 Å². The summed E-state index contributed by atoms with van der Waals surface area (Å²) in [5.41, 5.74) is 0.935. The second kappa shape index (κ2) is 6.99. The van der Waals surface area contributed by atoms with Gasteiger partial charge in [-0.1, -0.05) is 0 Å². The summed E-state index contributed by atoms with van der Waals surface area (Å²) >= 11 is 0. The summed E-state index contributed by atoms with van der Waals surface area (Å²) in [4.78, 5) is 8.20. The number of halogens is 3. The van der Waals surface area contributed by atoms with Crippen molar-refractivity contribution in [1.29, 1.82) is 0 Å². The van der Waals surface area contributed by atoms with Crippen molar-refractivity contribution in [2.24, 2.45) is 0 Å². The minimum atomic E-state index is -4.29. The zero-order chi connectivity index (χ0) is 15.2. The van der Waals surface area contributed by atoms with E-state index >= 15 is 0 Å². The van der Waals surface area contributed by atoms with Crippen molar-refractivity contribution < 1.29 is 17.9 Å². The van der Waals surface area contributed by atoms with Crippen molar-refractivity contribution in [3.63, 3.8) is 0 Å². The molecule has 0 saturated carbocycles. The molecular formula is C13H20F3N3O. The Morgan fingerprint density at radius 2 is 1.75 bits per heavy atom. The summed E-state index contributed by atoms with van der Waals surface area (Å²) in [5.74, 6) is 0.478. The highest BCUT2D eigenvalue weighted by molar-refractivity contribution is 5.05. The molecular weight excluding hydrogens is 271 g/mol. The smallest absolute Gasteiger partial charge is 0.372 e. The molecule has 0 bridgehead atoms. The van der Waals surface area contributed by atoms with Crippen LogP contribution >= 0.6 is 0 Å². The van der Waals surface area contributed by atoms with Gasteiger partial charge in [0.25, 0.3) is 0 Å². The Morgan fingerprint density at radius 3 is 2.25 bits per heavy atom. The lowest BCUT2D eigenvalue weighted by atomic mass is 10.1. The molecule has 1 aromatic heterocycles. The Hall–Kier alpha value is -1.21. The highest BCUT2D eigenvalue weighted by Gasteiger charge is 2.27. The molecule has 1 rings (SSSR count). The monoisotopic (exact) mass is 291 g/mol. The molecule has 1 heterocycles. The fraction of sp³-hybridized carbons (Fsp3) is 0.692. The number of hydrogen-bond acceptors (Lipinski definition) is 4. The molecule has 20 heavy (non-hydrogen) atoms. The van der Waals surface area contributed by atoms with Gasteiger partial charge in [0.15, 0.2) is 0 Å². The number of nitrogens with zero attached hydrogens (tertiary/aromatic N) is 2. The van der Waals surface area contributed by atoms with E-state index in [1.54, 1.807) is 12.4 Å². The molecule has 0 aliphatic carbocycles. The molecule has 0 saturated heterocycles. The third kappa shape index (κ3) is 8.06. The Labute approximate surface area is 116 Å². The van der Waals surface area contributed by atoms with Crippen LogP contribution in [0.25, 0.3) is 0 Å². The molecule has 0 amide bonds. The van der Waals surface area contributed by atoms with Crippen LogP contribution in [0.1, 0.15) is 32.2 Å². The topological polar surface area (TPSA) is 47.0 Å². The number of hydrogen-bond donors (Lipinski definition) is 1. The predicted octanol–water partition coefficient (Wildman–Crippen LogP) is 2.49. The van der Waals surface area contributed by atoms with Crippen LogP contribution in [-0.4, -0.2) is 34.9 Å². The van der Waals surface area contributed by atoms with E-state index in [9.17, 15) is 13.2 Å². The maximum atomic E-state index is 11.9.